The van der Waals surface area contributed by atoms with Crippen LogP contribution in [0.15, 0.2) is 24.3 Å². The van der Waals surface area contributed by atoms with Gasteiger partial charge in [-0.15, -0.1) is 0 Å². The van der Waals surface area contributed by atoms with Gasteiger partial charge in [-0.3, -0.25) is 0 Å². The number of rotatable bonds is 6. The first-order valence-corrected chi connectivity index (χ1v) is 6.42. The van der Waals surface area contributed by atoms with E-state index in [1.165, 1.54) is 25.0 Å². The second kappa shape index (κ2) is 5.61. The summed E-state index contributed by atoms with van der Waals surface area (Å²) in [6.07, 6.45) is 2.71. The molecule has 0 amide bonds. The molecule has 0 spiro atoms. The van der Waals surface area contributed by atoms with Crippen molar-refractivity contribution in [1.29, 1.82) is 0 Å². The average molecular weight is 236 g/mol. The fourth-order valence-electron chi connectivity index (χ4n) is 2.12. The summed E-state index contributed by atoms with van der Waals surface area (Å²) >= 11 is 0. The molecule has 3 heteroatoms. The van der Waals surface area contributed by atoms with Crippen LogP contribution in [0.4, 0.5) is 4.39 Å². The lowest BCUT2D eigenvalue weighted by Crippen LogP contribution is -2.33. The lowest BCUT2D eigenvalue weighted by Gasteiger charge is -2.24. The molecule has 2 nitrogen and oxygen atoms in total. The van der Waals surface area contributed by atoms with Crippen molar-refractivity contribution >= 4 is 0 Å². The van der Waals surface area contributed by atoms with Crippen molar-refractivity contribution in [1.82, 2.24) is 4.90 Å². The topological polar surface area (TPSA) is 29.3 Å². The largest absolute Gasteiger partial charge is 0.323 e. The lowest BCUT2D eigenvalue weighted by molar-refractivity contribution is 0.260. The van der Waals surface area contributed by atoms with Gasteiger partial charge in [0.25, 0.3) is 0 Å². The lowest BCUT2D eigenvalue weighted by atomic mass is 10.1. The maximum Gasteiger partial charge on any atom is 0.123 e. The van der Waals surface area contributed by atoms with Crippen LogP contribution in [0.2, 0.25) is 0 Å². The number of nitrogens with two attached hydrogens (primary N) is 1. The molecule has 1 unspecified atom stereocenters. The van der Waals surface area contributed by atoms with Crippen LogP contribution in [-0.2, 0) is 0 Å². The maximum atomic E-state index is 13.1. The Labute approximate surface area is 103 Å². The molecule has 17 heavy (non-hydrogen) atoms. The number of halogens is 1. The van der Waals surface area contributed by atoms with Gasteiger partial charge in [0, 0.05) is 19.1 Å². The predicted molar refractivity (Wildman–Crippen MR) is 68.2 cm³/mol. The van der Waals surface area contributed by atoms with Gasteiger partial charge in [-0.05, 0) is 43.0 Å². The number of hydrogen-bond donors (Lipinski definition) is 1. The third-order valence-corrected chi connectivity index (χ3v) is 3.39. The molecule has 0 bridgehead atoms. The third-order valence-electron chi connectivity index (χ3n) is 3.39. The van der Waals surface area contributed by atoms with E-state index in [1.54, 1.807) is 6.07 Å². The number of hydrogen-bond acceptors (Lipinski definition) is 2. The molecule has 2 rings (SSSR count). The highest BCUT2D eigenvalue weighted by Gasteiger charge is 2.24. The molecule has 1 aliphatic carbocycles. The van der Waals surface area contributed by atoms with E-state index < -0.39 is 0 Å². The molecule has 2 N–H and O–H groups in total. The first-order chi connectivity index (χ1) is 8.19. The highest BCUT2D eigenvalue weighted by molar-refractivity contribution is 5.20. The van der Waals surface area contributed by atoms with Crippen LogP contribution in [-0.4, -0.2) is 24.5 Å². The standard InChI is InChI=1S/C14H21FN2/c1-2-17(9-11-6-7-11)10-14(16)12-4-3-5-13(15)8-12/h3-5,8,11,14H,2,6-7,9-10,16H2,1H3. The van der Waals surface area contributed by atoms with Gasteiger partial charge in [0.1, 0.15) is 5.82 Å². The minimum Gasteiger partial charge on any atom is -0.323 e. The Hall–Kier alpha value is -0.930. The van der Waals surface area contributed by atoms with Crippen molar-refractivity contribution in [3.05, 3.63) is 35.6 Å². The molecule has 1 atom stereocenters. The highest BCUT2D eigenvalue weighted by atomic mass is 19.1. The van der Waals surface area contributed by atoms with Crippen molar-refractivity contribution in [2.24, 2.45) is 11.7 Å². The van der Waals surface area contributed by atoms with E-state index >= 15 is 0 Å². The summed E-state index contributed by atoms with van der Waals surface area (Å²) in [5.74, 6) is 0.665. The summed E-state index contributed by atoms with van der Waals surface area (Å²) in [7, 11) is 0. The predicted octanol–water partition coefficient (Wildman–Crippen LogP) is 2.56. The van der Waals surface area contributed by atoms with Gasteiger partial charge in [0.15, 0.2) is 0 Å². The van der Waals surface area contributed by atoms with Crippen molar-refractivity contribution < 1.29 is 4.39 Å². The third kappa shape index (κ3) is 3.79. The van der Waals surface area contributed by atoms with E-state index in [1.807, 2.05) is 6.07 Å². The molecule has 0 heterocycles. The van der Waals surface area contributed by atoms with Gasteiger partial charge < -0.3 is 10.6 Å². The van der Waals surface area contributed by atoms with E-state index in [2.05, 4.69) is 11.8 Å². The quantitative estimate of drug-likeness (QED) is 0.822. The highest BCUT2D eigenvalue weighted by Crippen LogP contribution is 2.30. The van der Waals surface area contributed by atoms with Crippen molar-refractivity contribution in [3.8, 4) is 0 Å². The fraction of sp³-hybridized carbons (Fsp3) is 0.571. The number of benzene rings is 1. The van der Waals surface area contributed by atoms with Gasteiger partial charge in [-0.2, -0.15) is 0 Å². The van der Waals surface area contributed by atoms with Crippen molar-refractivity contribution in [2.75, 3.05) is 19.6 Å². The van der Waals surface area contributed by atoms with Crippen LogP contribution >= 0.6 is 0 Å². The number of nitrogens with zero attached hydrogens (tertiary/aromatic N) is 1. The van der Waals surface area contributed by atoms with Crippen molar-refractivity contribution in [2.45, 2.75) is 25.8 Å². The van der Waals surface area contributed by atoms with E-state index in [0.29, 0.717) is 0 Å². The molecular formula is C14H21FN2. The molecule has 1 aliphatic rings. The Morgan fingerprint density at radius 2 is 2.24 bits per heavy atom. The van der Waals surface area contributed by atoms with Crippen LogP contribution in [0.25, 0.3) is 0 Å². The summed E-state index contributed by atoms with van der Waals surface area (Å²) in [5.41, 5.74) is 7.02. The van der Waals surface area contributed by atoms with E-state index in [-0.39, 0.29) is 11.9 Å². The van der Waals surface area contributed by atoms with Gasteiger partial charge in [0.2, 0.25) is 0 Å². The summed E-state index contributed by atoms with van der Waals surface area (Å²) in [4.78, 5) is 2.37. The Bertz CT molecular complexity index is 363. The van der Waals surface area contributed by atoms with Gasteiger partial charge in [-0.1, -0.05) is 19.1 Å². The van der Waals surface area contributed by atoms with E-state index in [9.17, 15) is 4.39 Å². The summed E-state index contributed by atoms with van der Waals surface area (Å²) < 4.78 is 13.1. The van der Waals surface area contributed by atoms with Crippen molar-refractivity contribution in [3.63, 3.8) is 0 Å². The molecule has 1 saturated carbocycles. The Kier molecular flexibility index (Phi) is 4.13. The Morgan fingerprint density at radius 3 is 2.82 bits per heavy atom. The van der Waals surface area contributed by atoms with Crippen LogP contribution in [0.1, 0.15) is 31.4 Å². The van der Waals surface area contributed by atoms with Crippen LogP contribution in [0.5, 0.6) is 0 Å². The molecule has 0 aromatic heterocycles. The first kappa shape index (κ1) is 12.5. The molecule has 1 aromatic rings. The smallest absolute Gasteiger partial charge is 0.123 e. The zero-order valence-electron chi connectivity index (χ0n) is 10.4. The molecule has 0 radical (unpaired) electrons. The second-order valence-electron chi connectivity index (χ2n) is 4.96. The SMILES string of the molecule is CCN(CC1CC1)CC(N)c1cccc(F)c1. The van der Waals surface area contributed by atoms with E-state index in [0.717, 1.165) is 31.1 Å². The molecule has 1 aromatic carbocycles. The fourth-order valence-corrected chi connectivity index (χ4v) is 2.12. The average Bonchev–Trinajstić information content (AvgIpc) is 3.12. The second-order valence-corrected chi connectivity index (χ2v) is 4.96. The molecule has 94 valence electrons. The molecule has 0 saturated heterocycles. The number of likely N-dealkylation sites (N-methyl/N-ethyl adjacent to an activating group) is 1. The van der Waals surface area contributed by atoms with Gasteiger partial charge >= 0.3 is 0 Å². The molecule has 0 aliphatic heterocycles. The Morgan fingerprint density at radius 1 is 1.47 bits per heavy atom. The minimum absolute atomic E-state index is 0.0931. The minimum atomic E-state index is -0.205. The van der Waals surface area contributed by atoms with Gasteiger partial charge in [-0.25, -0.2) is 4.39 Å². The summed E-state index contributed by atoms with van der Waals surface area (Å²) in [6.45, 7) is 5.12. The van der Waals surface area contributed by atoms with Crippen LogP contribution < -0.4 is 5.73 Å². The van der Waals surface area contributed by atoms with E-state index in [4.69, 9.17) is 5.73 Å². The monoisotopic (exact) mass is 236 g/mol. The van der Waals surface area contributed by atoms with Gasteiger partial charge in [0.05, 0.1) is 0 Å². The van der Waals surface area contributed by atoms with Crippen LogP contribution in [0, 0.1) is 11.7 Å². The zero-order chi connectivity index (χ0) is 12.3. The summed E-state index contributed by atoms with van der Waals surface area (Å²) in [5, 5.41) is 0. The molecule has 1 fully saturated rings. The zero-order valence-corrected chi connectivity index (χ0v) is 10.4. The first-order valence-electron chi connectivity index (χ1n) is 6.42. The maximum absolute atomic E-state index is 13.1. The molecular weight excluding hydrogens is 215 g/mol. The van der Waals surface area contributed by atoms with Crippen LogP contribution in [0.3, 0.4) is 0 Å². The summed E-state index contributed by atoms with van der Waals surface area (Å²) in [6, 6.07) is 6.53. The Balaban J connectivity index is 1.91. The normalized spacial score (nSPS) is 17.4.